The van der Waals surface area contributed by atoms with Gasteiger partial charge < -0.3 is 10.1 Å². The van der Waals surface area contributed by atoms with Crippen LogP contribution < -0.4 is 10.1 Å². The maximum atomic E-state index is 5.54. The highest BCUT2D eigenvalue weighted by atomic mass is 16.5. The Kier molecular flexibility index (Phi) is 9.40. The van der Waals surface area contributed by atoms with Gasteiger partial charge in [-0.2, -0.15) is 0 Å². The second kappa shape index (κ2) is 11.2. The zero-order valence-corrected chi connectivity index (χ0v) is 13.5. The molecule has 2 nitrogen and oxygen atoms in total. The van der Waals surface area contributed by atoms with Gasteiger partial charge in [-0.25, -0.2) is 0 Å². The summed E-state index contributed by atoms with van der Waals surface area (Å²) in [5, 5.41) is 3.49. The second-order valence-electron chi connectivity index (χ2n) is 5.87. The predicted molar refractivity (Wildman–Crippen MR) is 90.4 cm³/mol. The molecule has 1 aromatic carbocycles. The van der Waals surface area contributed by atoms with Crippen molar-refractivity contribution in [2.24, 2.45) is 5.92 Å². The van der Waals surface area contributed by atoms with Crippen molar-refractivity contribution in [3.63, 3.8) is 0 Å². The lowest BCUT2D eigenvalue weighted by Crippen LogP contribution is -2.15. The van der Waals surface area contributed by atoms with Crippen LogP contribution in [0.15, 0.2) is 24.3 Å². The fourth-order valence-electron chi connectivity index (χ4n) is 2.29. The first-order valence-electron chi connectivity index (χ1n) is 8.09. The number of para-hydroxylation sites is 1. The summed E-state index contributed by atoms with van der Waals surface area (Å²) in [6, 6.07) is 8.07. The first-order chi connectivity index (χ1) is 10.2. The minimum absolute atomic E-state index is 0.326. The maximum Gasteiger partial charge on any atom is 0.148 e. The molecule has 0 unspecified atom stereocenters. The van der Waals surface area contributed by atoms with Crippen LogP contribution in [0.2, 0.25) is 0 Å². The molecule has 0 spiro atoms. The molecule has 0 saturated carbocycles. The van der Waals surface area contributed by atoms with E-state index in [0.717, 1.165) is 24.8 Å². The molecule has 0 heterocycles. The van der Waals surface area contributed by atoms with Gasteiger partial charge in [0.2, 0.25) is 0 Å². The SMILES string of the molecule is C#CCOc1ccccc1CNCCCCCCC(C)C. The molecule has 0 bridgehead atoms. The average Bonchev–Trinajstić information content (AvgIpc) is 2.48. The molecule has 1 N–H and O–H groups in total. The van der Waals surface area contributed by atoms with Crippen LogP contribution in [0.4, 0.5) is 0 Å². The van der Waals surface area contributed by atoms with E-state index in [2.05, 4.69) is 31.2 Å². The fourth-order valence-corrected chi connectivity index (χ4v) is 2.29. The topological polar surface area (TPSA) is 21.3 Å². The third-order valence-electron chi connectivity index (χ3n) is 3.48. The van der Waals surface area contributed by atoms with Gasteiger partial charge in [-0.1, -0.05) is 63.7 Å². The summed E-state index contributed by atoms with van der Waals surface area (Å²) in [5.41, 5.74) is 1.17. The average molecular weight is 287 g/mol. The first kappa shape index (κ1) is 17.6. The monoisotopic (exact) mass is 287 g/mol. The molecule has 0 radical (unpaired) electrons. The zero-order chi connectivity index (χ0) is 15.3. The van der Waals surface area contributed by atoms with E-state index in [1.165, 1.54) is 37.7 Å². The molecule has 0 amide bonds. The molecular weight excluding hydrogens is 258 g/mol. The van der Waals surface area contributed by atoms with E-state index < -0.39 is 0 Å². The van der Waals surface area contributed by atoms with Gasteiger partial charge in [0.1, 0.15) is 12.4 Å². The van der Waals surface area contributed by atoms with E-state index in [-0.39, 0.29) is 0 Å². The van der Waals surface area contributed by atoms with Crippen LogP contribution >= 0.6 is 0 Å². The molecule has 1 aromatic rings. The lowest BCUT2D eigenvalue weighted by molar-refractivity contribution is 0.364. The van der Waals surface area contributed by atoms with Crippen LogP contribution in [-0.2, 0) is 6.54 Å². The van der Waals surface area contributed by atoms with Crippen molar-refractivity contribution >= 4 is 0 Å². The van der Waals surface area contributed by atoms with Crippen molar-refractivity contribution in [1.29, 1.82) is 0 Å². The molecule has 0 atom stereocenters. The molecular formula is C19H29NO. The summed E-state index contributed by atoms with van der Waals surface area (Å²) in [5.74, 6) is 4.23. The number of unbranched alkanes of at least 4 members (excludes halogenated alkanes) is 3. The number of ether oxygens (including phenoxy) is 1. The minimum Gasteiger partial charge on any atom is -0.481 e. The van der Waals surface area contributed by atoms with Crippen LogP contribution in [0.1, 0.15) is 51.5 Å². The lowest BCUT2D eigenvalue weighted by Gasteiger charge is -2.10. The largest absolute Gasteiger partial charge is 0.481 e. The van der Waals surface area contributed by atoms with Crippen LogP contribution in [0.3, 0.4) is 0 Å². The van der Waals surface area contributed by atoms with Crippen molar-refractivity contribution in [3.05, 3.63) is 29.8 Å². The smallest absolute Gasteiger partial charge is 0.148 e. The van der Waals surface area contributed by atoms with E-state index >= 15 is 0 Å². The Bertz CT molecular complexity index is 420. The molecule has 0 saturated heterocycles. The van der Waals surface area contributed by atoms with Gasteiger partial charge in [-0.05, 0) is 24.9 Å². The summed E-state index contributed by atoms with van der Waals surface area (Å²) >= 11 is 0. The number of rotatable bonds is 11. The van der Waals surface area contributed by atoms with Crippen molar-refractivity contribution < 1.29 is 4.74 Å². The number of terminal acetylenes is 1. The van der Waals surface area contributed by atoms with Gasteiger partial charge in [-0.3, -0.25) is 0 Å². The normalized spacial score (nSPS) is 10.6. The Hall–Kier alpha value is -1.46. The van der Waals surface area contributed by atoms with Crippen LogP contribution in [-0.4, -0.2) is 13.2 Å². The van der Waals surface area contributed by atoms with Crippen molar-refractivity contribution in [2.75, 3.05) is 13.2 Å². The Morgan fingerprint density at radius 1 is 1.14 bits per heavy atom. The Labute approximate surface area is 130 Å². The summed E-state index contributed by atoms with van der Waals surface area (Å²) in [4.78, 5) is 0. The van der Waals surface area contributed by atoms with Gasteiger partial charge in [-0.15, -0.1) is 6.42 Å². The van der Waals surface area contributed by atoms with Gasteiger partial charge in [0.05, 0.1) is 0 Å². The molecule has 21 heavy (non-hydrogen) atoms. The number of hydrogen-bond donors (Lipinski definition) is 1. The van der Waals surface area contributed by atoms with Crippen molar-refractivity contribution in [3.8, 4) is 18.1 Å². The van der Waals surface area contributed by atoms with E-state index in [4.69, 9.17) is 11.2 Å². The number of nitrogens with one attached hydrogen (secondary N) is 1. The van der Waals surface area contributed by atoms with Crippen LogP contribution in [0.5, 0.6) is 5.75 Å². The highest BCUT2D eigenvalue weighted by Crippen LogP contribution is 2.17. The maximum absolute atomic E-state index is 5.54. The van der Waals surface area contributed by atoms with Crippen LogP contribution in [0.25, 0.3) is 0 Å². The molecule has 0 aliphatic carbocycles. The molecule has 116 valence electrons. The molecule has 1 rings (SSSR count). The third-order valence-corrected chi connectivity index (χ3v) is 3.48. The van der Waals surface area contributed by atoms with E-state index in [0.29, 0.717) is 6.61 Å². The molecule has 0 aliphatic rings. The molecule has 2 heteroatoms. The summed E-state index contributed by atoms with van der Waals surface area (Å²) in [6.45, 7) is 6.81. The molecule has 0 aliphatic heterocycles. The molecule has 0 aromatic heterocycles. The Morgan fingerprint density at radius 2 is 1.90 bits per heavy atom. The highest BCUT2D eigenvalue weighted by Gasteiger charge is 2.01. The molecule has 0 fully saturated rings. The second-order valence-corrected chi connectivity index (χ2v) is 5.87. The Morgan fingerprint density at radius 3 is 2.67 bits per heavy atom. The quantitative estimate of drug-likeness (QED) is 0.481. The number of benzene rings is 1. The first-order valence-corrected chi connectivity index (χ1v) is 8.09. The summed E-state index contributed by atoms with van der Waals surface area (Å²) < 4.78 is 5.54. The lowest BCUT2D eigenvalue weighted by atomic mass is 10.0. The minimum atomic E-state index is 0.326. The van der Waals surface area contributed by atoms with Gasteiger partial charge in [0.15, 0.2) is 0 Å². The van der Waals surface area contributed by atoms with E-state index in [9.17, 15) is 0 Å². The Balaban J connectivity index is 2.14. The van der Waals surface area contributed by atoms with Crippen LogP contribution in [0, 0.1) is 18.3 Å². The van der Waals surface area contributed by atoms with E-state index in [1.54, 1.807) is 0 Å². The van der Waals surface area contributed by atoms with Gasteiger partial charge in [0, 0.05) is 12.1 Å². The standard InChI is InChI=1S/C19H29NO/c1-4-15-21-19-13-9-8-12-18(19)16-20-14-10-6-5-7-11-17(2)3/h1,8-9,12-13,17,20H,5-7,10-11,14-16H2,2-3H3. The summed E-state index contributed by atoms with van der Waals surface area (Å²) in [6.07, 6.45) is 11.9. The zero-order valence-electron chi connectivity index (χ0n) is 13.5. The van der Waals surface area contributed by atoms with Crippen molar-refractivity contribution in [1.82, 2.24) is 5.32 Å². The highest BCUT2D eigenvalue weighted by molar-refractivity contribution is 5.33. The number of hydrogen-bond acceptors (Lipinski definition) is 2. The predicted octanol–water partition coefficient (Wildman–Crippen LogP) is 4.39. The summed E-state index contributed by atoms with van der Waals surface area (Å²) in [7, 11) is 0. The fraction of sp³-hybridized carbons (Fsp3) is 0.579. The van der Waals surface area contributed by atoms with E-state index in [1.807, 2.05) is 18.2 Å². The third kappa shape index (κ3) is 8.42. The van der Waals surface area contributed by atoms with Gasteiger partial charge >= 0.3 is 0 Å². The van der Waals surface area contributed by atoms with Gasteiger partial charge in [0.25, 0.3) is 0 Å². The van der Waals surface area contributed by atoms with Crippen molar-refractivity contribution in [2.45, 2.75) is 52.5 Å².